The Labute approximate surface area is 117 Å². The Morgan fingerprint density at radius 3 is 2.42 bits per heavy atom. The fraction of sp³-hybridized carbons (Fsp3) is 0.562. The van der Waals surface area contributed by atoms with E-state index in [1.165, 1.54) is 11.1 Å². The van der Waals surface area contributed by atoms with Crippen LogP contribution in [0.5, 0.6) is 0 Å². The lowest BCUT2D eigenvalue weighted by Gasteiger charge is -2.28. The molecule has 3 nitrogen and oxygen atoms in total. The number of hydrogen-bond acceptors (Lipinski definition) is 2. The molecule has 0 radical (unpaired) electrons. The molecule has 1 unspecified atom stereocenters. The molecule has 1 N–H and O–H groups in total. The van der Waals surface area contributed by atoms with Gasteiger partial charge in [0.25, 0.3) is 0 Å². The van der Waals surface area contributed by atoms with Gasteiger partial charge in [-0.15, -0.1) is 0 Å². The maximum absolute atomic E-state index is 12.1. The summed E-state index contributed by atoms with van der Waals surface area (Å²) in [5.74, 6) is 0.0728. The van der Waals surface area contributed by atoms with E-state index in [0.717, 1.165) is 6.54 Å². The molecular weight excluding hydrogens is 236 g/mol. The van der Waals surface area contributed by atoms with Gasteiger partial charge >= 0.3 is 0 Å². The molecule has 1 amide bonds. The number of rotatable bonds is 4. The molecule has 106 valence electrons. The Bertz CT molecular complexity index is 435. The summed E-state index contributed by atoms with van der Waals surface area (Å²) in [5, 5.41) is 3.02. The third-order valence-corrected chi connectivity index (χ3v) is 3.22. The average molecular weight is 262 g/mol. The van der Waals surface area contributed by atoms with Crippen LogP contribution in [0, 0.1) is 6.92 Å². The van der Waals surface area contributed by atoms with Crippen molar-refractivity contribution in [2.24, 2.45) is 0 Å². The molecule has 0 heterocycles. The predicted molar refractivity (Wildman–Crippen MR) is 80.0 cm³/mol. The van der Waals surface area contributed by atoms with Crippen LogP contribution in [0.3, 0.4) is 0 Å². The second-order valence-electron chi connectivity index (χ2n) is 6.26. The molecule has 1 rings (SSSR count). The van der Waals surface area contributed by atoms with E-state index in [9.17, 15) is 4.79 Å². The van der Waals surface area contributed by atoms with Crippen molar-refractivity contribution in [3.63, 3.8) is 0 Å². The molecule has 0 spiro atoms. The summed E-state index contributed by atoms with van der Waals surface area (Å²) in [5.41, 5.74) is 2.34. The number of amides is 1. The van der Waals surface area contributed by atoms with Gasteiger partial charge in [-0.1, -0.05) is 24.3 Å². The Morgan fingerprint density at radius 1 is 1.32 bits per heavy atom. The van der Waals surface area contributed by atoms with E-state index in [0.29, 0.717) is 0 Å². The molecule has 0 bridgehead atoms. The van der Waals surface area contributed by atoms with Gasteiger partial charge in [0.15, 0.2) is 0 Å². The van der Waals surface area contributed by atoms with E-state index in [-0.39, 0.29) is 17.5 Å². The van der Waals surface area contributed by atoms with Gasteiger partial charge in [0.1, 0.15) is 0 Å². The van der Waals surface area contributed by atoms with E-state index in [1.54, 1.807) is 0 Å². The first-order valence-corrected chi connectivity index (χ1v) is 6.77. The van der Waals surface area contributed by atoms with Crippen LogP contribution in [0.15, 0.2) is 24.3 Å². The van der Waals surface area contributed by atoms with Crippen molar-refractivity contribution in [1.29, 1.82) is 0 Å². The SMILES string of the molecule is Cc1ccccc1CN(C)C(C)C(=O)NC(C)(C)C. The molecule has 0 fully saturated rings. The third-order valence-electron chi connectivity index (χ3n) is 3.22. The lowest BCUT2D eigenvalue weighted by molar-refractivity contribution is -0.127. The van der Waals surface area contributed by atoms with Gasteiger partial charge in [-0.2, -0.15) is 0 Å². The zero-order valence-electron chi connectivity index (χ0n) is 12.9. The number of carbonyl (C=O) groups is 1. The topological polar surface area (TPSA) is 32.3 Å². The van der Waals surface area contributed by atoms with Crippen LogP contribution in [-0.4, -0.2) is 29.4 Å². The molecule has 0 aliphatic heterocycles. The minimum absolute atomic E-state index is 0.0728. The van der Waals surface area contributed by atoms with Crippen LogP contribution in [-0.2, 0) is 11.3 Å². The molecule has 0 saturated heterocycles. The summed E-state index contributed by atoms with van der Waals surface area (Å²) in [4.78, 5) is 14.2. The van der Waals surface area contributed by atoms with Gasteiger partial charge in [-0.3, -0.25) is 9.69 Å². The van der Waals surface area contributed by atoms with Crippen LogP contribution < -0.4 is 5.32 Å². The average Bonchev–Trinajstić information content (AvgIpc) is 2.28. The number of nitrogens with one attached hydrogen (secondary N) is 1. The molecule has 0 aliphatic carbocycles. The highest BCUT2D eigenvalue weighted by molar-refractivity contribution is 5.81. The standard InChI is InChI=1S/C16H26N2O/c1-12-9-7-8-10-14(12)11-18(6)13(2)15(19)17-16(3,4)5/h7-10,13H,11H2,1-6H3,(H,17,19). The number of hydrogen-bond donors (Lipinski definition) is 1. The van der Waals surface area contributed by atoms with Crippen molar-refractivity contribution < 1.29 is 4.79 Å². The van der Waals surface area contributed by atoms with Crippen LogP contribution in [0.4, 0.5) is 0 Å². The highest BCUT2D eigenvalue weighted by atomic mass is 16.2. The van der Waals surface area contributed by atoms with Gasteiger partial charge < -0.3 is 5.32 Å². The summed E-state index contributed by atoms with van der Waals surface area (Å²) < 4.78 is 0. The van der Waals surface area contributed by atoms with Gasteiger partial charge in [0.05, 0.1) is 6.04 Å². The molecule has 19 heavy (non-hydrogen) atoms. The number of carbonyl (C=O) groups excluding carboxylic acids is 1. The molecule has 0 aliphatic rings. The maximum Gasteiger partial charge on any atom is 0.237 e. The van der Waals surface area contributed by atoms with Crippen LogP contribution >= 0.6 is 0 Å². The Morgan fingerprint density at radius 2 is 1.89 bits per heavy atom. The lowest BCUT2D eigenvalue weighted by Crippen LogP contribution is -2.49. The van der Waals surface area contributed by atoms with Crippen LogP contribution in [0.1, 0.15) is 38.8 Å². The first-order chi connectivity index (χ1) is 8.70. The summed E-state index contributed by atoms with van der Waals surface area (Å²) in [7, 11) is 1.99. The number of benzene rings is 1. The summed E-state index contributed by atoms with van der Waals surface area (Å²) in [6.07, 6.45) is 0. The van der Waals surface area contributed by atoms with Crippen LogP contribution in [0.25, 0.3) is 0 Å². The first-order valence-electron chi connectivity index (χ1n) is 6.77. The molecule has 1 aromatic rings. The Kier molecular flexibility index (Phi) is 5.12. The predicted octanol–water partition coefficient (Wildman–Crippen LogP) is 2.73. The third kappa shape index (κ3) is 5.03. The van der Waals surface area contributed by atoms with Crippen molar-refractivity contribution in [3.8, 4) is 0 Å². The van der Waals surface area contributed by atoms with Crippen molar-refractivity contribution in [2.75, 3.05) is 7.05 Å². The normalized spacial score (nSPS) is 13.4. The summed E-state index contributed by atoms with van der Waals surface area (Å²) in [6.45, 7) is 10.8. The molecule has 0 aromatic heterocycles. The maximum atomic E-state index is 12.1. The minimum Gasteiger partial charge on any atom is -0.350 e. The van der Waals surface area contributed by atoms with E-state index in [1.807, 2.05) is 46.9 Å². The molecule has 0 saturated carbocycles. The van der Waals surface area contributed by atoms with E-state index in [4.69, 9.17) is 0 Å². The Hall–Kier alpha value is -1.35. The first kappa shape index (κ1) is 15.7. The van der Waals surface area contributed by atoms with Crippen molar-refractivity contribution >= 4 is 5.91 Å². The van der Waals surface area contributed by atoms with E-state index < -0.39 is 0 Å². The van der Waals surface area contributed by atoms with E-state index in [2.05, 4.69) is 29.3 Å². The van der Waals surface area contributed by atoms with Crippen molar-refractivity contribution in [3.05, 3.63) is 35.4 Å². The van der Waals surface area contributed by atoms with Crippen molar-refractivity contribution in [2.45, 2.75) is 52.7 Å². The number of aryl methyl sites for hydroxylation is 1. The van der Waals surface area contributed by atoms with Crippen molar-refractivity contribution in [1.82, 2.24) is 10.2 Å². The molecule has 3 heteroatoms. The minimum atomic E-state index is -0.186. The number of nitrogens with zero attached hydrogens (tertiary/aromatic N) is 1. The fourth-order valence-corrected chi connectivity index (χ4v) is 1.87. The molecular formula is C16H26N2O. The zero-order valence-corrected chi connectivity index (χ0v) is 12.9. The monoisotopic (exact) mass is 262 g/mol. The van der Waals surface area contributed by atoms with Gasteiger partial charge in [0.2, 0.25) is 5.91 Å². The number of likely N-dealkylation sites (N-methyl/N-ethyl adjacent to an activating group) is 1. The summed E-state index contributed by atoms with van der Waals surface area (Å²) >= 11 is 0. The van der Waals surface area contributed by atoms with Gasteiger partial charge in [-0.05, 0) is 52.8 Å². The molecule has 1 atom stereocenters. The van der Waals surface area contributed by atoms with Crippen LogP contribution in [0.2, 0.25) is 0 Å². The molecule has 1 aromatic carbocycles. The smallest absolute Gasteiger partial charge is 0.237 e. The van der Waals surface area contributed by atoms with Gasteiger partial charge in [-0.25, -0.2) is 0 Å². The highest BCUT2D eigenvalue weighted by Gasteiger charge is 2.22. The highest BCUT2D eigenvalue weighted by Crippen LogP contribution is 2.12. The van der Waals surface area contributed by atoms with E-state index >= 15 is 0 Å². The lowest BCUT2D eigenvalue weighted by atomic mass is 10.1. The summed E-state index contributed by atoms with van der Waals surface area (Å²) in [6, 6.07) is 8.15. The van der Waals surface area contributed by atoms with Gasteiger partial charge in [0, 0.05) is 12.1 Å². The zero-order chi connectivity index (χ0) is 14.6. The Balaban J connectivity index is 2.65. The second-order valence-corrected chi connectivity index (χ2v) is 6.26. The quantitative estimate of drug-likeness (QED) is 0.905. The second kappa shape index (κ2) is 6.20. The largest absolute Gasteiger partial charge is 0.350 e. The fourth-order valence-electron chi connectivity index (χ4n) is 1.87.